The second kappa shape index (κ2) is 11.6. The third-order valence-electron chi connectivity index (χ3n) is 9.07. The normalized spacial score (nSPS) is 26.5. The van der Waals surface area contributed by atoms with E-state index in [1.807, 2.05) is 0 Å². The predicted octanol–water partition coefficient (Wildman–Crippen LogP) is 6.09. The van der Waals surface area contributed by atoms with Gasteiger partial charge in [0.2, 0.25) is 11.8 Å². The van der Waals surface area contributed by atoms with Gasteiger partial charge in [-0.1, -0.05) is 12.1 Å². The summed E-state index contributed by atoms with van der Waals surface area (Å²) in [5.74, 6) is -2.36. The molecule has 5 rings (SSSR count). The van der Waals surface area contributed by atoms with Crippen LogP contribution in [0.1, 0.15) is 73.8 Å². The van der Waals surface area contributed by atoms with Crippen molar-refractivity contribution < 1.29 is 50.2 Å². The molecule has 0 aliphatic carbocycles. The SMILES string of the molecule is C[C@@H](O[C@H]1CN2C(=O)CC(C(=O)N3CCC(C)(O)CC3)CC2C1c1ccc(F)cc1)c1cc(C(F)(F)F)cc(C(F)(F)F)c1. The zero-order valence-electron chi connectivity index (χ0n) is 24.1. The van der Waals surface area contributed by atoms with Crippen LogP contribution >= 0.6 is 0 Å². The second-order valence-corrected chi connectivity index (χ2v) is 12.3. The lowest BCUT2D eigenvalue weighted by Crippen LogP contribution is -2.51. The zero-order chi connectivity index (χ0) is 32.2. The van der Waals surface area contributed by atoms with E-state index in [0.717, 1.165) is 0 Å². The first-order chi connectivity index (χ1) is 20.4. The highest BCUT2D eigenvalue weighted by Crippen LogP contribution is 2.45. The van der Waals surface area contributed by atoms with E-state index in [4.69, 9.17) is 4.74 Å². The molecule has 3 heterocycles. The van der Waals surface area contributed by atoms with Crippen LogP contribution in [-0.2, 0) is 26.7 Å². The monoisotopic (exact) mass is 630 g/mol. The van der Waals surface area contributed by atoms with Gasteiger partial charge in [0.15, 0.2) is 0 Å². The molecule has 2 aromatic carbocycles. The fourth-order valence-corrected chi connectivity index (χ4v) is 6.61. The number of aliphatic hydroxyl groups is 1. The molecular weight excluding hydrogens is 597 g/mol. The fraction of sp³-hybridized carbons (Fsp3) is 0.548. The molecule has 6 nitrogen and oxygen atoms in total. The highest BCUT2D eigenvalue weighted by atomic mass is 19.4. The van der Waals surface area contributed by atoms with Crippen molar-refractivity contribution >= 4 is 11.8 Å². The summed E-state index contributed by atoms with van der Waals surface area (Å²) in [7, 11) is 0. The van der Waals surface area contributed by atoms with Crippen LogP contribution in [0.4, 0.5) is 30.7 Å². The van der Waals surface area contributed by atoms with Crippen molar-refractivity contribution in [3.63, 3.8) is 0 Å². The molecule has 0 radical (unpaired) electrons. The van der Waals surface area contributed by atoms with Crippen LogP contribution in [-0.4, -0.2) is 64.1 Å². The summed E-state index contributed by atoms with van der Waals surface area (Å²) in [6, 6.07) is 6.13. The number of halogens is 7. The van der Waals surface area contributed by atoms with E-state index in [9.17, 15) is 45.4 Å². The van der Waals surface area contributed by atoms with Gasteiger partial charge in [0.25, 0.3) is 0 Å². The number of nitrogens with zero attached hydrogens (tertiary/aromatic N) is 2. The van der Waals surface area contributed by atoms with Gasteiger partial charge in [0, 0.05) is 43.9 Å². The Kier molecular flexibility index (Phi) is 8.51. The molecule has 3 saturated heterocycles. The Bertz CT molecular complexity index is 1350. The number of ether oxygens (including phenoxy) is 1. The number of carbonyl (C=O) groups excluding carboxylic acids is 2. The Morgan fingerprint density at radius 1 is 1.00 bits per heavy atom. The predicted molar refractivity (Wildman–Crippen MR) is 144 cm³/mol. The second-order valence-electron chi connectivity index (χ2n) is 12.3. The number of likely N-dealkylation sites (tertiary alicyclic amines) is 1. The number of rotatable bonds is 5. The zero-order valence-corrected chi connectivity index (χ0v) is 24.1. The van der Waals surface area contributed by atoms with Gasteiger partial charge in [0.05, 0.1) is 28.9 Å². The van der Waals surface area contributed by atoms with E-state index in [1.54, 1.807) is 16.7 Å². The summed E-state index contributed by atoms with van der Waals surface area (Å²) in [6.45, 7) is 3.72. The molecule has 44 heavy (non-hydrogen) atoms. The van der Waals surface area contributed by atoms with E-state index in [2.05, 4.69) is 0 Å². The summed E-state index contributed by atoms with van der Waals surface area (Å²) < 4.78 is 101. The molecule has 3 aliphatic rings. The minimum atomic E-state index is -5.03. The number of fused-ring (bicyclic) bond motifs is 1. The molecule has 0 bridgehead atoms. The summed E-state index contributed by atoms with van der Waals surface area (Å²) in [6.07, 6.45) is -11.2. The Morgan fingerprint density at radius 2 is 1.57 bits per heavy atom. The van der Waals surface area contributed by atoms with E-state index in [-0.39, 0.29) is 42.8 Å². The fourth-order valence-electron chi connectivity index (χ4n) is 6.61. The van der Waals surface area contributed by atoms with Crippen molar-refractivity contribution in [1.82, 2.24) is 9.80 Å². The number of alkyl halides is 6. The topological polar surface area (TPSA) is 70.1 Å². The lowest BCUT2D eigenvalue weighted by Gasteiger charge is -2.41. The summed E-state index contributed by atoms with van der Waals surface area (Å²) >= 11 is 0. The minimum Gasteiger partial charge on any atom is -0.390 e. The Morgan fingerprint density at radius 3 is 2.11 bits per heavy atom. The molecule has 5 atom stereocenters. The molecule has 3 fully saturated rings. The lowest BCUT2D eigenvalue weighted by atomic mass is 9.81. The highest BCUT2D eigenvalue weighted by Gasteiger charge is 2.51. The number of hydrogen-bond donors (Lipinski definition) is 1. The summed E-state index contributed by atoms with van der Waals surface area (Å²) in [5.41, 5.74) is -3.59. The van der Waals surface area contributed by atoms with Crippen LogP contribution in [0.3, 0.4) is 0 Å². The lowest BCUT2D eigenvalue weighted by molar-refractivity contribution is -0.149. The van der Waals surface area contributed by atoms with Gasteiger partial charge in [-0.15, -0.1) is 0 Å². The molecule has 1 N–H and O–H groups in total. The molecule has 240 valence electrons. The number of amides is 2. The number of benzene rings is 2. The number of carbonyl (C=O) groups is 2. The van der Waals surface area contributed by atoms with Gasteiger partial charge in [-0.25, -0.2) is 4.39 Å². The van der Waals surface area contributed by atoms with E-state index >= 15 is 0 Å². The average Bonchev–Trinajstić information content (AvgIpc) is 3.30. The van der Waals surface area contributed by atoms with Gasteiger partial charge >= 0.3 is 12.4 Å². The molecule has 0 saturated carbocycles. The van der Waals surface area contributed by atoms with E-state index in [1.165, 1.54) is 31.2 Å². The van der Waals surface area contributed by atoms with Crippen LogP contribution < -0.4 is 0 Å². The Hall–Kier alpha value is -3.19. The van der Waals surface area contributed by atoms with Crippen LogP contribution in [0.5, 0.6) is 0 Å². The van der Waals surface area contributed by atoms with Crippen molar-refractivity contribution in [2.75, 3.05) is 19.6 Å². The van der Waals surface area contributed by atoms with Crippen LogP contribution in [0.15, 0.2) is 42.5 Å². The summed E-state index contributed by atoms with van der Waals surface area (Å²) in [5, 5.41) is 10.3. The van der Waals surface area contributed by atoms with Gasteiger partial charge < -0.3 is 19.6 Å². The van der Waals surface area contributed by atoms with Crippen molar-refractivity contribution in [3.8, 4) is 0 Å². The van der Waals surface area contributed by atoms with Gasteiger partial charge in [-0.05, 0) is 74.6 Å². The molecule has 2 amide bonds. The highest BCUT2D eigenvalue weighted by molar-refractivity contribution is 5.88. The van der Waals surface area contributed by atoms with Crippen LogP contribution in [0.25, 0.3) is 0 Å². The molecular formula is C31H33F7N2O4. The van der Waals surface area contributed by atoms with Crippen molar-refractivity contribution in [2.24, 2.45) is 5.92 Å². The van der Waals surface area contributed by atoms with E-state index < -0.39 is 65.0 Å². The maximum atomic E-state index is 13.8. The summed E-state index contributed by atoms with van der Waals surface area (Å²) in [4.78, 5) is 30.0. The average molecular weight is 631 g/mol. The first kappa shape index (κ1) is 32.2. The molecule has 13 heteroatoms. The minimum absolute atomic E-state index is 0.00549. The molecule has 2 aromatic rings. The smallest absolute Gasteiger partial charge is 0.390 e. The van der Waals surface area contributed by atoms with E-state index in [0.29, 0.717) is 43.6 Å². The third kappa shape index (κ3) is 6.73. The largest absolute Gasteiger partial charge is 0.416 e. The Balaban J connectivity index is 1.43. The maximum absolute atomic E-state index is 13.8. The van der Waals surface area contributed by atoms with Gasteiger partial charge in [-0.3, -0.25) is 9.59 Å². The van der Waals surface area contributed by atoms with Crippen LogP contribution in [0.2, 0.25) is 0 Å². The first-order valence-corrected chi connectivity index (χ1v) is 14.4. The molecule has 0 spiro atoms. The molecule has 0 aromatic heterocycles. The van der Waals surface area contributed by atoms with Crippen molar-refractivity contribution in [3.05, 3.63) is 70.5 Å². The van der Waals surface area contributed by atoms with Gasteiger partial charge in [-0.2, -0.15) is 26.3 Å². The maximum Gasteiger partial charge on any atom is 0.416 e. The van der Waals surface area contributed by atoms with Crippen molar-refractivity contribution in [2.45, 2.75) is 81.7 Å². The number of piperidine rings is 2. The Labute approximate surface area is 249 Å². The standard InChI is InChI=1S/C31H33F7N2O4/c1-17(19-11-21(30(33,34)35)15-22(12-19)31(36,37)38)44-25-16-40-24(27(25)18-3-5-23(32)6-4-18)13-20(14-26(40)41)28(42)39-9-7-29(2,43)8-10-39/h3-6,11-12,15,17,20,24-25,27,43H,7-10,13-14,16H2,1-2H3/t17-,20?,24?,25+,27?/m1/s1. The van der Waals surface area contributed by atoms with Gasteiger partial charge in [0.1, 0.15) is 5.82 Å². The van der Waals surface area contributed by atoms with Crippen molar-refractivity contribution in [1.29, 1.82) is 0 Å². The number of hydrogen-bond acceptors (Lipinski definition) is 4. The first-order valence-electron chi connectivity index (χ1n) is 14.4. The van der Waals surface area contributed by atoms with Crippen LogP contribution in [0, 0.1) is 11.7 Å². The quantitative estimate of drug-likeness (QED) is 0.407. The molecule has 3 aliphatic heterocycles. The molecule has 3 unspecified atom stereocenters. The third-order valence-corrected chi connectivity index (χ3v) is 9.07.